The first kappa shape index (κ1) is 18.8. The third kappa shape index (κ3) is 3.71. The quantitative estimate of drug-likeness (QED) is 0.815. The van der Waals surface area contributed by atoms with Crippen molar-refractivity contribution in [3.8, 4) is 0 Å². The lowest BCUT2D eigenvalue weighted by atomic mass is 9.76. The maximum absolute atomic E-state index is 12.7. The van der Waals surface area contributed by atoms with Crippen molar-refractivity contribution in [2.45, 2.75) is 44.1 Å². The summed E-state index contributed by atoms with van der Waals surface area (Å²) in [6.45, 7) is 7.21. The molecule has 156 valence electrons. The van der Waals surface area contributed by atoms with E-state index in [0.717, 1.165) is 88.6 Å². The lowest BCUT2D eigenvalue weighted by molar-refractivity contribution is 0.122. The van der Waals surface area contributed by atoms with Crippen LogP contribution in [0.1, 0.15) is 36.9 Å². The summed E-state index contributed by atoms with van der Waals surface area (Å²) in [6, 6.07) is 1.97. The average molecular weight is 399 g/mol. The number of hydrogen-bond donors (Lipinski definition) is 1. The predicted molar refractivity (Wildman–Crippen MR) is 110 cm³/mol. The van der Waals surface area contributed by atoms with Gasteiger partial charge in [-0.25, -0.2) is 4.98 Å². The van der Waals surface area contributed by atoms with E-state index in [2.05, 4.69) is 19.9 Å². The van der Waals surface area contributed by atoms with Crippen molar-refractivity contribution in [3.05, 3.63) is 40.1 Å². The molecule has 0 amide bonds. The van der Waals surface area contributed by atoms with Crippen LogP contribution in [0.4, 0.5) is 5.95 Å². The van der Waals surface area contributed by atoms with Gasteiger partial charge in [-0.05, 0) is 57.8 Å². The van der Waals surface area contributed by atoms with Crippen molar-refractivity contribution in [1.82, 2.24) is 24.6 Å². The number of morpholine rings is 1. The van der Waals surface area contributed by atoms with Crippen LogP contribution < -0.4 is 10.5 Å². The fourth-order valence-electron chi connectivity index (χ4n) is 5.14. The molecule has 2 saturated heterocycles. The number of hydrogen-bond acceptors (Lipinski definition) is 6. The fourth-order valence-corrected chi connectivity index (χ4v) is 5.14. The molecule has 0 bridgehead atoms. The molecule has 0 saturated carbocycles. The summed E-state index contributed by atoms with van der Waals surface area (Å²) in [7, 11) is 0. The number of anilines is 1. The Morgan fingerprint density at radius 2 is 1.93 bits per heavy atom. The fraction of sp³-hybridized carbons (Fsp3) is 0.667. The second-order valence-electron chi connectivity index (χ2n) is 8.56. The van der Waals surface area contributed by atoms with Crippen molar-refractivity contribution in [2.75, 3.05) is 50.8 Å². The molecule has 2 aromatic rings. The summed E-state index contributed by atoms with van der Waals surface area (Å²) in [5.74, 6) is 0.736. The van der Waals surface area contributed by atoms with Gasteiger partial charge in [-0.3, -0.25) is 14.5 Å². The summed E-state index contributed by atoms with van der Waals surface area (Å²) in [5.41, 5.74) is 2.16. The third-order valence-electron chi connectivity index (χ3n) is 6.90. The van der Waals surface area contributed by atoms with Crippen molar-refractivity contribution < 1.29 is 4.74 Å². The number of rotatable bonds is 5. The third-order valence-corrected chi connectivity index (χ3v) is 6.90. The number of nitrogens with zero attached hydrogens (tertiary/aromatic N) is 5. The van der Waals surface area contributed by atoms with Gasteiger partial charge in [0.15, 0.2) is 0 Å². The lowest BCUT2D eigenvalue weighted by Crippen LogP contribution is -2.43. The maximum Gasteiger partial charge on any atom is 0.255 e. The van der Waals surface area contributed by atoms with Crippen molar-refractivity contribution >= 4 is 5.95 Å². The van der Waals surface area contributed by atoms with Gasteiger partial charge in [-0.1, -0.05) is 0 Å². The van der Waals surface area contributed by atoms with Gasteiger partial charge < -0.3 is 14.5 Å². The van der Waals surface area contributed by atoms with E-state index >= 15 is 0 Å². The van der Waals surface area contributed by atoms with Crippen molar-refractivity contribution in [1.29, 1.82) is 0 Å². The zero-order valence-electron chi connectivity index (χ0n) is 17.0. The first-order chi connectivity index (χ1) is 14.2. The predicted octanol–water partition coefficient (Wildman–Crippen LogP) is 1.17. The number of H-pyrrole nitrogens is 1. The highest BCUT2D eigenvalue weighted by Gasteiger charge is 2.44. The molecule has 8 heteroatoms. The van der Waals surface area contributed by atoms with E-state index in [0.29, 0.717) is 13.2 Å². The van der Waals surface area contributed by atoms with Gasteiger partial charge in [-0.2, -0.15) is 5.10 Å². The molecular weight excluding hydrogens is 368 g/mol. The number of likely N-dealkylation sites (tertiary alicyclic amines) is 1. The molecular formula is C21H30N6O2. The first-order valence-corrected chi connectivity index (χ1v) is 10.9. The second kappa shape index (κ2) is 7.91. The van der Waals surface area contributed by atoms with Crippen LogP contribution in [-0.2, 0) is 23.1 Å². The number of aryl methyl sites for hydroxylation is 1. The summed E-state index contributed by atoms with van der Waals surface area (Å²) in [6.07, 6.45) is 9.09. The molecule has 8 nitrogen and oxygen atoms in total. The van der Waals surface area contributed by atoms with Gasteiger partial charge in [0.1, 0.15) is 0 Å². The molecule has 0 atom stereocenters. The minimum atomic E-state index is 0.0648. The van der Waals surface area contributed by atoms with Crippen LogP contribution in [0, 0.1) is 0 Å². The lowest BCUT2D eigenvalue weighted by Gasteiger charge is -2.39. The average Bonchev–Trinajstić information content (AvgIpc) is 3.39. The van der Waals surface area contributed by atoms with Crippen LogP contribution in [0.3, 0.4) is 0 Å². The van der Waals surface area contributed by atoms with Gasteiger partial charge in [0, 0.05) is 43.0 Å². The highest BCUT2D eigenvalue weighted by molar-refractivity contribution is 5.40. The van der Waals surface area contributed by atoms with Crippen LogP contribution in [0.15, 0.2) is 23.3 Å². The van der Waals surface area contributed by atoms with Crippen LogP contribution in [-0.4, -0.2) is 70.6 Å². The first-order valence-electron chi connectivity index (χ1n) is 10.9. The summed E-state index contributed by atoms with van der Waals surface area (Å²) < 4.78 is 7.45. The standard InChI is InChI=1S/C21H30N6O2/c28-19-17-3-4-21(18(17)23-20(24-19)26-13-15-29-16-14-26)5-11-25(12-6-21)8-2-10-27-9-1-7-22-27/h1,7,9H,2-6,8,10-16H2,(H,23,24,28). The van der Waals surface area contributed by atoms with E-state index in [9.17, 15) is 4.79 Å². The van der Waals surface area contributed by atoms with Crippen LogP contribution in [0.5, 0.6) is 0 Å². The molecule has 29 heavy (non-hydrogen) atoms. The molecule has 0 unspecified atom stereocenters. The van der Waals surface area contributed by atoms with E-state index in [-0.39, 0.29) is 11.0 Å². The van der Waals surface area contributed by atoms with Gasteiger partial charge >= 0.3 is 0 Å². The highest BCUT2D eigenvalue weighted by Crippen LogP contribution is 2.44. The molecule has 1 aliphatic carbocycles. The van der Waals surface area contributed by atoms with Gasteiger partial charge in [-0.15, -0.1) is 0 Å². The van der Waals surface area contributed by atoms with E-state index in [1.807, 2.05) is 23.1 Å². The monoisotopic (exact) mass is 398 g/mol. The summed E-state index contributed by atoms with van der Waals surface area (Å²) in [5, 5.41) is 4.28. The van der Waals surface area contributed by atoms with E-state index in [4.69, 9.17) is 9.72 Å². The number of ether oxygens (including phenoxy) is 1. The number of fused-ring (bicyclic) bond motifs is 2. The Balaban J connectivity index is 1.26. The normalized spacial score (nSPS) is 21.6. The van der Waals surface area contributed by atoms with Crippen molar-refractivity contribution in [2.24, 2.45) is 0 Å². The zero-order valence-corrected chi connectivity index (χ0v) is 17.0. The Bertz CT molecular complexity index is 879. The SMILES string of the molecule is O=c1[nH]c(N2CCOCC2)nc2c1CCC21CCN(CCCn2cccn2)CC1. The smallest absolute Gasteiger partial charge is 0.255 e. The van der Waals surface area contributed by atoms with Crippen LogP contribution in [0.2, 0.25) is 0 Å². The van der Waals surface area contributed by atoms with Gasteiger partial charge in [0.05, 0.1) is 18.9 Å². The minimum absolute atomic E-state index is 0.0648. The molecule has 1 N–H and O–H groups in total. The number of nitrogens with one attached hydrogen (secondary N) is 1. The Labute approximate surface area is 170 Å². The van der Waals surface area contributed by atoms with Crippen LogP contribution in [0.25, 0.3) is 0 Å². The molecule has 2 aliphatic heterocycles. The number of aromatic nitrogens is 4. The maximum atomic E-state index is 12.7. The van der Waals surface area contributed by atoms with E-state index < -0.39 is 0 Å². The molecule has 3 aliphatic rings. The Hall–Kier alpha value is -2.19. The minimum Gasteiger partial charge on any atom is -0.378 e. The Kier molecular flexibility index (Phi) is 5.13. The Morgan fingerprint density at radius 1 is 1.10 bits per heavy atom. The summed E-state index contributed by atoms with van der Waals surface area (Å²) in [4.78, 5) is 25.5. The zero-order chi connectivity index (χ0) is 19.7. The number of piperidine rings is 1. The molecule has 1 spiro atoms. The molecule has 2 fully saturated rings. The van der Waals surface area contributed by atoms with Crippen LogP contribution >= 0.6 is 0 Å². The molecule has 0 aromatic carbocycles. The molecule has 0 radical (unpaired) electrons. The van der Waals surface area contributed by atoms with Gasteiger partial charge in [0.25, 0.3) is 5.56 Å². The number of aromatic amines is 1. The molecule has 5 rings (SSSR count). The van der Waals surface area contributed by atoms with Crippen molar-refractivity contribution in [3.63, 3.8) is 0 Å². The Morgan fingerprint density at radius 3 is 2.69 bits per heavy atom. The van der Waals surface area contributed by atoms with Gasteiger partial charge in [0.2, 0.25) is 5.95 Å². The second-order valence-corrected chi connectivity index (χ2v) is 8.56. The highest BCUT2D eigenvalue weighted by atomic mass is 16.5. The molecule has 4 heterocycles. The van der Waals surface area contributed by atoms with E-state index in [1.165, 1.54) is 0 Å². The largest absolute Gasteiger partial charge is 0.378 e. The van der Waals surface area contributed by atoms with E-state index in [1.54, 1.807) is 0 Å². The topological polar surface area (TPSA) is 79.3 Å². The summed E-state index contributed by atoms with van der Waals surface area (Å²) >= 11 is 0. The molecule has 2 aromatic heterocycles.